The van der Waals surface area contributed by atoms with Gasteiger partial charge in [0, 0.05) is 19.6 Å². The third-order valence-electron chi connectivity index (χ3n) is 4.19. The van der Waals surface area contributed by atoms with Gasteiger partial charge in [0.15, 0.2) is 11.5 Å². The van der Waals surface area contributed by atoms with E-state index >= 15 is 0 Å². The second-order valence-corrected chi connectivity index (χ2v) is 5.97. The average Bonchev–Trinajstić information content (AvgIpc) is 2.68. The van der Waals surface area contributed by atoms with Crippen molar-refractivity contribution < 1.29 is 14.2 Å². The minimum Gasteiger partial charge on any atom is -0.493 e. The summed E-state index contributed by atoms with van der Waals surface area (Å²) in [6.07, 6.45) is 0. The molecule has 1 heterocycles. The molecule has 1 aliphatic heterocycles. The lowest BCUT2D eigenvalue weighted by atomic mass is 10.1. The van der Waals surface area contributed by atoms with E-state index in [1.165, 1.54) is 5.56 Å². The Kier molecular flexibility index (Phi) is 5.89. The zero-order valence-electron chi connectivity index (χ0n) is 14.4. The number of methoxy groups -OCH3 is 1. The molecule has 0 amide bonds. The van der Waals surface area contributed by atoms with Crippen molar-refractivity contribution in [2.45, 2.75) is 13.2 Å². The number of hydrogen-bond donors (Lipinski definition) is 0. The van der Waals surface area contributed by atoms with E-state index in [1.54, 1.807) is 13.2 Å². The highest BCUT2D eigenvalue weighted by molar-refractivity contribution is 5.43. The Bertz CT molecular complexity index is 749. The summed E-state index contributed by atoms with van der Waals surface area (Å²) in [6, 6.07) is 15.6. The molecule has 1 fully saturated rings. The molecule has 3 rings (SSSR count). The van der Waals surface area contributed by atoms with Gasteiger partial charge in [-0.15, -0.1) is 0 Å². The molecule has 2 aromatic carbocycles. The first-order valence-corrected chi connectivity index (χ1v) is 8.37. The molecular weight excluding hydrogens is 316 g/mol. The Morgan fingerprint density at radius 1 is 1.08 bits per heavy atom. The van der Waals surface area contributed by atoms with Crippen LogP contribution in [0.5, 0.6) is 11.5 Å². The van der Waals surface area contributed by atoms with Gasteiger partial charge in [-0.3, -0.25) is 4.90 Å². The summed E-state index contributed by atoms with van der Waals surface area (Å²) >= 11 is 0. The third kappa shape index (κ3) is 4.72. The van der Waals surface area contributed by atoms with Crippen LogP contribution < -0.4 is 9.47 Å². The Morgan fingerprint density at radius 3 is 2.68 bits per heavy atom. The summed E-state index contributed by atoms with van der Waals surface area (Å²) < 4.78 is 16.8. The normalized spacial score (nSPS) is 14.7. The molecule has 1 saturated heterocycles. The standard InChI is InChI=1S/C20H22N2O3/c1-23-20-12-17(14-22-7-9-24-10-8-22)5-6-19(20)25-15-18-4-2-3-16(11-18)13-21/h2-6,11-12H,7-10,14-15H2,1H3. The molecule has 0 radical (unpaired) electrons. The fourth-order valence-electron chi connectivity index (χ4n) is 2.84. The van der Waals surface area contributed by atoms with E-state index in [4.69, 9.17) is 19.5 Å². The van der Waals surface area contributed by atoms with Gasteiger partial charge >= 0.3 is 0 Å². The fraction of sp³-hybridized carbons (Fsp3) is 0.350. The maximum absolute atomic E-state index is 8.97. The van der Waals surface area contributed by atoms with Gasteiger partial charge in [0.2, 0.25) is 0 Å². The number of nitriles is 1. The van der Waals surface area contributed by atoms with Crippen LogP contribution in [-0.4, -0.2) is 38.3 Å². The Hall–Kier alpha value is -2.55. The van der Waals surface area contributed by atoms with Gasteiger partial charge in [0.05, 0.1) is 32.0 Å². The summed E-state index contributed by atoms with van der Waals surface area (Å²) in [4.78, 5) is 2.37. The van der Waals surface area contributed by atoms with Crippen LogP contribution in [0.25, 0.3) is 0 Å². The van der Waals surface area contributed by atoms with Crippen LogP contribution in [0.4, 0.5) is 0 Å². The summed E-state index contributed by atoms with van der Waals surface area (Å²) in [6.45, 7) is 4.77. The number of benzene rings is 2. The fourth-order valence-corrected chi connectivity index (χ4v) is 2.84. The molecule has 0 N–H and O–H groups in total. The zero-order chi connectivity index (χ0) is 17.5. The molecule has 0 spiro atoms. The zero-order valence-corrected chi connectivity index (χ0v) is 14.4. The lowest BCUT2D eigenvalue weighted by Crippen LogP contribution is -2.35. The Morgan fingerprint density at radius 2 is 1.92 bits per heavy atom. The second kappa shape index (κ2) is 8.52. The molecule has 5 nitrogen and oxygen atoms in total. The SMILES string of the molecule is COc1cc(CN2CCOCC2)ccc1OCc1cccc(C#N)c1. The van der Waals surface area contributed by atoms with Crippen LogP contribution in [0.15, 0.2) is 42.5 Å². The highest BCUT2D eigenvalue weighted by Gasteiger charge is 2.13. The summed E-state index contributed by atoms with van der Waals surface area (Å²) in [5.41, 5.74) is 2.78. The summed E-state index contributed by atoms with van der Waals surface area (Å²) in [5, 5.41) is 8.97. The Labute approximate surface area is 148 Å². The van der Waals surface area contributed by atoms with E-state index < -0.39 is 0 Å². The quantitative estimate of drug-likeness (QED) is 0.810. The smallest absolute Gasteiger partial charge is 0.161 e. The van der Waals surface area contributed by atoms with Crippen molar-refractivity contribution in [3.8, 4) is 17.6 Å². The topological polar surface area (TPSA) is 54.7 Å². The monoisotopic (exact) mass is 338 g/mol. The number of nitrogens with zero attached hydrogens (tertiary/aromatic N) is 2. The first-order chi connectivity index (χ1) is 12.3. The summed E-state index contributed by atoms with van der Waals surface area (Å²) in [5.74, 6) is 1.43. The highest BCUT2D eigenvalue weighted by atomic mass is 16.5. The van der Waals surface area contributed by atoms with Crippen LogP contribution in [-0.2, 0) is 17.9 Å². The molecule has 0 unspecified atom stereocenters. The Balaban J connectivity index is 1.65. The molecule has 0 aliphatic carbocycles. The number of morpholine rings is 1. The van der Waals surface area contributed by atoms with Crippen molar-refractivity contribution >= 4 is 0 Å². The largest absolute Gasteiger partial charge is 0.493 e. The number of rotatable bonds is 6. The second-order valence-electron chi connectivity index (χ2n) is 5.97. The van der Waals surface area contributed by atoms with Gasteiger partial charge in [-0.05, 0) is 35.4 Å². The van der Waals surface area contributed by atoms with E-state index in [9.17, 15) is 0 Å². The van der Waals surface area contributed by atoms with Gasteiger partial charge < -0.3 is 14.2 Å². The van der Waals surface area contributed by atoms with Crippen LogP contribution in [0.2, 0.25) is 0 Å². The van der Waals surface area contributed by atoms with E-state index in [1.807, 2.05) is 30.3 Å². The van der Waals surface area contributed by atoms with Crippen molar-refractivity contribution in [3.63, 3.8) is 0 Å². The molecule has 0 bridgehead atoms. The molecule has 5 heteroatoms. The van der Waals surface area contributed by atoms with Crippen LogP contribution >= 0.6 is 0 Å². The lowest BCUT2D eigenvalue weighted by molar-refractivity contribution is 0.0341. The molecule has 130 valence electrons. The third-order valence-corrected chi connectivity index (χ3v) is 4.19. The van der Waals surface area contributed by atoms with Crippen LogP contribution in [0.1, 0.15) is 16.7 Å². The molecule has 0 saturated carbocycles. The van der Waals surface area contributed by atoms with E-state index in [0.717, 1.165) is 44.2 Å². The van der Waals surface area contributed by atoms with Gasteiger partial charge in [0.25, 0.3) is 0 Å². The van der Waals surface area contributed by atoms with Crippen molar-refractivity contribution in [2.75, 3.05) is 33.4 Å². The number of ether oxygens (including phenoxy) is 3. The van der Waals surface area contributed by atoms with Gasteiger partial charge in [-0.1, -0.05) is 18.2 Å². The molecule has 0 atom stereocenters. The van der Waals surface area contributed by atoms with Gasteiger partial charge in [0.1, 0.15) is 6.61 Å². The first-order valence-electron chi connectivity index (χ1n) is 8.37. The molecule has 0 aromatic heterocycles. The average molecular weight is 338 g/mol. The number of hydrogen-bond acceptors (Lipinski definition) is 5. The minimum absolute atomic E-state index is 0.398. The minimum atomic E-state index is 0.398. The first kappa shape index (κ1) is 17.3. The summed E-state index contributed by atoms with van der Waals surface area (Å²) in [7, 11) is 1.65. The van der Waals surface area contributed by atoms with Crippen molar-refractivity contribution in [2.24, 2.45) is 0 Å². The van der Waals surface area contributed by atoms with Crippen molar-refractivity contribution in [1.82, 2.24) is 4.90 Å². The maximum Gasteiger partial charge on any atom is 0.161 e. The molecule has 1 aliphatic rings. The lowest BCUT2D eigenvalue weighted by Gasteiger charge is -2.26. The molecular formula is C20H22N2O3. The molecule has 2 aromatic rings. The van der Waals surface area contributed by atoms with E-state index in [2.05, 4.69) is 17.0 Å². The van der Waals surface area contributed by atoms with Gasteiger partial charge in [-0.25, -0.2) is 0 Å². The van der Waals surface area contributed by atoms with Crippen molar-refractivity contribution in [1.29, 1.82) is 5.26 Å². The van der Waals surface area contributed by atoms with Gasteiger partial charge in [-0.2, -0.15) is 5.26 Å². The predicted octanol–water partition coefficient (Wildman–Crippen LogP) is 2.98. The maximum atomic E-state index is 8.97. The van der Waals surface area contributed by atoms with Crippen LogP contribution in [0.3, 0.4) is 0 Å². The van der Waals surface area contributed by atoms with E-state index in [-0.39, 0.29) is 0 Å². The van der Waals surface area contributed by atoms with Crippen LogP contribution in [0, 0.1) is 11.3 Å². The van der Waals surface area contributed by atoms with Crippen molar-refractivity contribution in [3.05, 3.63) is 59.2 Å². The highest BCUT2D eigenvalue weighted by Crippen LogP contribution is 2.29. The molecule has 25 heavy (non-hydrogen) atoms. The van der Waals surface area contributed by atoms with E-state index in [0.29, 0.717) is 17.9 Å². The predicted molar refractivity (Wildman–Crippen MR) is 94.6 cm³/mol.